The Morgan fingerprint density at radius 2 is 1.93 bits per heavy atom. The second kappa shape index (κ2) is 3.61. The Morgan fingerprint density at radius 1 is 1.36 bits per heavy atom. The van der Waals surface area contributed by atoms with Crippen LogP contribution in [-0.2, 0) is 6.18 Å². The fourth-order valence-corrected chi connectivity index (χ4v) is 1.30. The van der Waals surface area contributed by atoms with E-state index in [9.17, 15) is 18.0 Å². The number of halogens is 4. The van der Waals surface area contributed by atoms with Gasteiger partial charge in [-0.2, -0.15) is 13.2 Å². The first-order valence-electron chi connectivity index (χ1n) is 3.56. The maximum absolute atomic E-state index is 12.3. The molecule has 0 aliphatic rings. The van der Waals surface area contributed by atoms with Gasteiger partial charge < -0.3 is 0 Å². The highest BCUT2D eigenvalue weighted by atomic mass is 35.5. The smallest absolute Gasteiger partial charge is 0.294 e. The molecule has 0 spiro atoms. The van der Waals surface area contributed by atoms with Crippen molar-refractivity contribution in [1.29, 1.82) is 0 Å². The van der Waals surface area contributed by atoms with Gasteiger partial charge in [0.2, 0.25) is 0 Å². The van der Waals surface area contributed by atoms with Gasteiger partial charge in [0.15, 0.2) is 5.78 Å². The van der Waals surface area contributed by atoms with Crippen molar-refractivity contribution in [2.75, 3.05) is 0 Å². The molecule has 0 amide bonds. The van der Waals surface area contributed by atoms with Crippen LogP contribution in [0.1, 0.15) is 15.9 Å². The molecule has 75 valence electrons. The number of rotatable bonds is 1. The van der Waals surface area contributed by atoms with Crippen LogP contribution in [-0.4, -0.2) is 5.78 Å². The Kier molecular flexibility index (Phi) is 2.85. The normalized spacial score (nSPS) is 11.5. The van der Waals surface area contributed by atoms with Crippen molar-refractivity contribution in [3.8, 4) is 0 Å². The molecule has 0 atom stereocenters. The van der Waals surface area contributed by atoms with Gasteiger partial charge in [-0.1, -0.05) is 17.7 Å². The first kappa shape index (κ1) is 11.0. The molecule has 14 heavy (non-hydrogen) atoms. The van der Waals surface area contributed by atoms with E-state index in [1.807, 2.05) is 0 Å². The Balaban J connectivity index is 3.35. The summed E-state index contributed by atoms with van der Waals surface area (Å²) in [6, 6.07) is 3.13. The van der Waals surface area contributed by atoms with E-state index >= 15 is 0 Å². The van der Waals surface area contributed by atoms with E-state index in [1.165, 1.54) is 6.07 Å². The summed E-state index contributed by atoms with van der Waals surface area (Å²) >= 11 is 5.41. The summed E-state index contributed by atoms with van der Waals surface area (Å²) < 4.78 is 36.8. The molecule has 0 aromatic heterocycles. The zero-order valence-corrected chi connectivity index (χ0v) is 7.62. The molecule has 1 radical (unpaired) electrons. The quantitative estimate of drug-likeness (QED) is 0.665. The monoisotopic (exact) mass is 221 g/mol. The zero-order chi connectivity index (χ0) is 10.9. The molecule has 1 rings (SSSR count). The van der Waals surface area contributed by atoms with Gasteiger partial charge in [0.05, 0.1) is 10.6 Å². The SMILES string of the molecule is [CH2]C(=O)c1cccc(C(F)(F)F)c1Cl. The van der Waals surface area contributed by atoms with Crippen LogP contribution in [0.5, 0.6) is 0 Å². The Morgan fingerprint density at radius 3 is 2.36 bits per heavy atom. The van der Waals surface area contributed by atoms with E-state index in [2.05, 4.69) is 6.92 Å². The lowest BCUT2D eigenvalue weighted by Crippen LogP contribution is -2.08. The number of carbonyl (C=O) groups excluding carboxylic acids is 1. The second-order valence-electron chi connectivity index (χ2n) is 2.59. The minimum Gasteiger partial charge on any atom is -0.294 e. The van der Waals surface area contributed by atoms with Crippen LogP contribution in [0.25, 0.3) is 0 Å². The van der Waals surface area contributed by atoms with E-state index in [1.54, 1.807) is 0 Å². The number of hydrogen-bond donors (Lipinski definition) is 0. The highest BCUT2D eigenvalue weighted by molar-refractivity contribution is 6.35. The largest absolute Gasteiger partial charge is 0.417 e. The molecule has 1 nitrogen and oxygen atoms in total. The molecule has 1 aromatic rings. The predicted octanol–water partition coefficient (Wildman–Crippen LogP) is 3.38. The molecular weight excluding hydrogens is 217 g/mol. The van der Waals surface area contributed by atoms with Crippen LogP contribution < -0.4 is 0 Å². The van der Waals surface area contributed by atoms with Crippen molar-refractivity contribution in [1.82, 2.24) is 0 Å². The standard InChI is InChI=1S/C9H5ClF3O/c1-5(14)6-3-2-4-7(8(6)10)9(11,12)13/h2-4H,1H2. The second-order valence-corrected chi connectivity index (χ2v) is 2.97. The van der Waals surface area contributed by atoms with Gasteiger partial charge in [-0.15, -0.1) is 0 Å². The van der Waals surface area contributed by atoms with E-state index in [-0.39, 0.29) is 5.56 Å². The first-order valence-corrected chi connectivity index (χ1v) is 3.94. The average Bonchev–Trinajstić information content (AvgIpc) is 2.01. The Labute approximate surface area is 83.5 Å². The average molecular weight is 222 g/mol. The number of carbonyl (C=O) groups is 1. The third-order valence-corrected chi connectivity index (χ3v) is 2.01. The van der Waals surface area contributed by atoms with Crippen LogP contribution in [0.2, 0.25) is 5.02 Å². The lowest BCUT2D eigenvalue weighted by atomic mass is 10.1. The Hall–Kier alpha value is -1.03. The highest BCUT2D eigenvalue weighted by Crippen LogP contribution is 2.36. The fourth-order valence-electron chi connectivity index (χ4n) is 0.966. The van der Waals surface area contributed by atoms with Crippen LogP contribution in [0.15, 0.2) is 18.2 Å². The van der Waals surface area contributed by atoms with E-state index < -0.39 is 22.5 Å². The molecule has 1 aromatic carbocycles. The van der Waals surface area contributed by atoms with Gasteiger partial charge in [-0.05, 0) is 12.1 Å². The zero-order valence-electron chi connectivity index (χ0n) is 6.86. The van der Waals surface area contributed by atoms with Crippen molar-refractivity contribution in [3.63, 3.8) is 0 Å². The molecular formula is C9H5ClF3O. The van der Waals surface area contributed by atoms with Gasteiger partial charge in [0.1, 0.15) is 0 Å². The van der Waals surface area contributed by atoms with Crippen molar-refractivity contribution in [2.45, 2.75) is 6.18 Å². The van der Waals surface area contributed by atoms with Gasteiger partial charge in [-0.3, -0.25) is 4.79 Å². The molecule has 0 aliphatic carbocycles. The topological polar surface area (TPSA) is 17.1 Å². The maximum Gasteiger partial charge on any atom is 0.417 e. The maximum atomic E-state index is 12.3. The number of benzene rings is 1. The minimum absolute atomic E-state index is 0.221. The third-order valence-electron chi connectivity index (χ3n) is 1.60. The number of Topliss-reactive ketones (excluding diaryl/α,β-unsaturated/α-hetero) is 1. The molecule has 0 fully saturated rings. The molecule has 0 bridgehead atoms. The van der Waals surface area contributed by atoms with Gasteiger partial charge in [-0.25, -0.2) is 0 Å². The molecule has 0 saturated heterocycles. The van der Waals surface area contributed by atoms with Crippen molar-refractivity contribution >= 4 is 17.4 Å². The van der Waals surface area contributed by atoms with E-state index in [0.717, 1.165) is 12.1 Å². The molecule has 0 unspecified atom stereocenters. The Bertz CT molecular complexity index is 371. The van der Waals surface area contributed by atoms with Crippen LogP contribution in [0.3, 0.4) is 0 Å². The third kappa shape index (κ3) is 2.07. The summed E-state index contributed by atoms with van der Waals surface area (Å²) in [5.74, 6) is -0.735. The minimum atomic E-state index is -4.55. The molecule has 0 N–H and O–H groups in total. The summed E-state index contributed by atoms with van der Waals surface area (Å²) in [5, 5.41) is -0.597. The number of hydrogen-bond acceptors (Lipinski definition) is 1. The summed E-state index contributed by atoms with van der Waals surface area (Å²) in [7, 11) is 0. The predicted molar refractivity (Wildman–Crippen MR) is 46.1 cm³/mol. The fraction of sp³-hybridized carbons (Fsp3) is 0.111. The lowest BCUT2D eigenvalue weighted by molar-refractivity contribution is -0.137. The van der Waals surface area contributed by atoms with Crippen molar-refractivity contribution in [3.05, 3.63) is 41.3 Å². The van der Waals surface area contributed by atoms with Crippen LogP contribution in [0, 0.1) is 6.92 Å². The summed E-state index contributed by atoms with van der Waals surface area (Å²) in [4.78, 5) is 10.8. The molecule has 0 aliphatic heterocycles. The molecule has 0 saturated carbocycles. The van der Waals surface area contributed by atoms with Gasteiger partial charge in [0, 0.05) is 12.5 Å². The van der Waals surface area contributed by atoms with Gasteiger partial charge >= 0.3 is 6.18 Å². The summed E-state index contributed by atoms with van der Waals surface area (Å²) in [6.45, 7) is 3.00. The first-order chi connectivity index (χ1) is 6.34. The van der Waals surface area contributed by atoms with E-state index in [0.29, 0.717) is 0 Å². The number of alkyl halides is 3. The molecule has 5 heteroatoms. The summed E-state index contributed by atoms with van der Waals surface area (Å²) in [6.07, 6.45) is -4.55. The molecule has 0 heterocycles. The highest BCUT2D eigenvalue weighted by Gasteiger charge is 2.34. The lowest BCUT2D eigenvalue weighted by Gasteiger charge is -2.10. The van der Waals surface area contributed by atoms with Gasteiger partial charge in [0.25, 0.3) is 0 Å². The van der Waals surface area contributed by atoms with Crippen LogP contribution >= 0.6 is 11.6 Å². The van der Waals surface area contributed by atoms with Crippen molar-refractivity contribution < 1.29 is 18.0 Å². The van der Waals surface area contributed by atoms with Crippen molar-refractivity contribution in [2.24, 2.45) is 0 Å². The van der Waals surface area contributed by atoms with Crippen LogP contribution in [0.4, 0.5) is 13.2 Å². The number of ketones is 1. The van der Waals surface area contributed by atoms with E-state index in [4.69, 9.17) is 11.6 Å². The summed E-state index contributed by atoms with van der Waals surface area (Å²) in [5.41, 5.74) is -1.24.